The van der Waals surface area contributed by atoms with E-state index in [1.165, 1.54) is 14.0 Å². The molecule has 0 amide bonds. The van der Waals surface area contributed by atoms with E-state index in [9.17, 15) is 20.1 Å². The number of ether oxygens (including phenoxy) is 2. The van der Waals surface area contributed by atoms with E-state index < -0.39 is 30.7 Å². The minimum absolute atomic E-state index is 0.106. The minimum atomic E-state index is -1.34. The molecule has 1 aliphatic heterocycles. The first-order valence-electron chi connectivity index (χ1n) is 4.83. The maximum Gasteiger partial charge on any atom is 0.186 e. The molecule has 1 saturated heterocycles. The van der Waals surface area contributed by atoms with Gasteiger partial charge in [0, 0.05) is 19.8 Å². The van der Waals surface area contributed by atoms with Crippen molar-refractivity contribution in [2.45, 2.75) is 37.6 Å². The van der Waals surface area contributed by atoms with Crippen LogP contribution in [-0.2, 0) is 14.3 Å². The molecule has 16 heavy (non-hydrogen) atoms. The number of thioether (sulfide) groups is 1. The third-order valence-corrected chi connectivity index (χ3v) is 3.25. The fraction of sp³-hybridized carbons (Fsp3) is 0.889. The van der Waals surface area contributed by atoms with Crippen LogP contribution in [0, 0.1) is 0 Å². The number of aliphatic hydroxyl groups is 3. The minimum Gasteiger partial charge on any atom is -0.388 e. The second-order valence-corrected chi connectivity index (χ2v) is 4.75. The van der Waals surface area contributed by atoms with Crippen LogP contribution >= 0.6 is 11.8 Å². The van der Waals surface area contributed by atoms with Crippen molar-refractivity contribution >= 4 is 16.9 Å². The third kappa shape index (κ3) is 3.16. The van der Waals surface area contributed by atoms with E-state index in [1.54, 1.807) is 0 Å². The summed E-state index contributed by atoms with van der Waals surface area (Å²) in [6, 6.07) is 0. The fourth-order valence-corrected chi connectivity index (χ4v) is 2.12. The second kappa shape index (κ2) is 5.95. The van der Waals surface area contributed by atoms with Crippen molar-refractivity contribution in [1.82, 2.24) is 0 Å². The van der Waals surface area contributed by atoms with E-state index in [-0.39, 0.29) is 10.9 Å². The zero-order chi connectivity index (χ0) is 12.3. The van der Waals surface area contributed by atoms with Gasteiger partial charge in [0.05, 0.1) is 6.10 Å². The zero-order valence-electron chi connectivity index (χ0n) is 9.07. The molecule has 94 valence electrons. The molecule has 1 fully saturated rings. The average Bonchev–Trinajstić information content (AvgIpc) is 2.25. The van der Waals surface area contributed by atoms with Crippen molar-refractivity contribution in [3.05, 3.63) is 0 Å². The molecule has 6 nitrogen and oxygen atoms in total. The molecule has 0 aromatic heterocycles. The smallest absolute Gasteiger partial charge is 0.186 e. The van der Waals surface area contributed by atoms with Crippen LogP contribution in [0.15, 0.2) is 0 Å². The van der Waals surface area contributed by atoms with Crippen LogP contribution in [0.25, 0.3) is 0 Å². The Hall–Kier alpha value is -0.180. The summed E-state index contributed by atoms with van der Waals surface area (Å²) in [7, 11) is 1.33. The highest BCUT2D eigenvalue weighted by Crippen LogP contribution is 2.24. The van der Waals surface area contributed by atoms with E-state index >= 15 is 0 Å². The SMILES string of the molecule is CO[C@H]1OC(CSC(C)=O)[C@@H](O)[C@H](O)C1O. The highest BCUT2D eigenvalue weighted by Gasteiger charge is 2.43. The van der Waals surface area contributed by atoms with E-state index in [4.69, 9.17) is 9.47 Å². The molecule has 0 spiro atoms. The quantitative estimate of drug-likeness (QED) is 0.575. The van der Waals surface area contributed by atoms with Crippen LogP contribution in [0.4, 0.5) is 0 Å². The molecule has 5 atom stereocenters. The first kappa shape index (κ1) is 13.9. The first-order chi connectivity index (χ1) is 7.47. The van der Waals surface area contributed by atoms with Gasteiger partial charge in [-0.3, -0.25) is 4.79 Å². The number of methoxy groups -OCH3 is 1. The summed E-state index contributed by atoms with van der Waals surface area (Å²) in [6.45, 7) is 1.40. The Morgan fingerprint density at radius 1 is 1.31 bits per heavy atom. The number of aliphatic hydroxyl groups excluding tert-OH is 3. The van der Waals surface area contributed by atoms with E-state index in [1.807, 2.05) is 0 Å². The van der Waals surface area contributed by atoms with Crippen molar-refractivity contribution in [2.75, 3.05) is 12.9 Å². The van der Waals surface area contributed by atoms with Gasteiger partial charge in [-0.05, 0) is 0 Å². The van der Waals surface area contributed by atoms with Crippen LogP contribution in [0.2, 0.25) is 0 Å². The van der Waals surface area contributed by atoms with Gasteiger partial charge in [0.1, 0.15) is 18.3 Å². The molecule has 1 aliphatic rings. The number of hydrogen-bond acceptors (Lipinski definition) is 7. The van der Waals surface area contributed by atoms with Crippen molar-refractivity contribution < 1.29 is 29.6 Å². The van der Waals surface area contributed by atoms with Crippen molar-refractivity contribution in [2.24, 2.45) is 0 Å². The summed E-state index contributed by atoms with van der Waals surface area (Å²) in [5, 5.41) is 28.5. The average molecular weight is 252 g/mol. The Kier molecular flexibility index (Phi) is 5.16. The van der Waals surface area contributed by atoms with Crippen molar-refractivity contribution in [3.63, 3.8) is 0 Å². The molecular weight excluding hydrogens is 236 g/mol. The summed E-state index contributed by atoms with van der Waals surface area (Å²) in [4.78, 5) is 10.8. The highest BCUT2D eigenvalue weighted by atomic mass is 32.2. The van der Waals surface area contributed by atoms with Gasteiger partial charge >= 0.3 is 0 Å². The van der Waals surface area contributed by atoms with Gasteiger partial charge in [0.15, 0.2) is 11.4 Å². The van der Waals surface area contributed by atoms with Crippen LogP contribution < -0.4 is 0 Å². The standard InChI is InChI=1S/C9H16O6S/c1-4(10)16-3-5-6(11)7(12)8(13)9(14-2)15-5/h5-9,11-13H,3H2,1-2H3/t5?,6-,7+,8?,9+/m1/s1. The summed E-state index contributed by atoms with van der Waals surface area (Å²) in [5.41, 5.74) is 0. The maximum atomic E-state index is 10.8. The lowest BCUT2D eigenvalue weighted by molar-refractivity contribution is -0.284. The molecule has 2 unspecified atom stereocenters. The van der Waals surface area contributed by atoms with Gasteiger partial charge < -0.3 is 24.8 Å². The number of carbonyl (C=O) groups excluding carboxylic acids is 1. The monoisotopic (exact) mass is 252 g/mol. The van der Waals surface area contributed by atoms with Gasteiger partial charge in [-0.15, -0.1) is 0 Å². The molecule has 0 aromatic carbocycles. The van der Waals surface area contributed by atoms with Crippen LogP contribution in [0.5, 0.6) is 0 Å². The Morgan fingerprint density at radius 3 is 2.44 bits per heavy atom. The van der Waals surface area contributed by atoms with Crippen LogP contribution in [0.1, 0.15) is 6.92 Å². The topological polar surface area (TPSA) is 96.2 Å². The Balaban J connectivity index is 2.60. The summed E-state index contributed by atoms with van der Waals surface area (Å²) in [6.07, 6.45) is -5.59. The van der Waals surface area contributed by atoms with Gasteiger partial charge in [-0.2, -0.15) is 0 Å². The van der Waals surface area contributed by atoms with Gasteiger partial charge in [0.25, 0.3) is 0 Å². The molecule has 7 heteroatoms. The lowest BCUT2D eigenvalue weighted by Gasteiger charge is -2.39. The van der Waals surface area contributed by atoms with Crippen LogP contribution in [-0.4, -0.2) is 64.0 Å². The zero-order valence-corrected chi connectivity index (χ0v) is 9.88. The molecule has 3 N–H and O–H groups in total. The third-order valence-electron chi connectivity index (χ3n) is 2.35. The van der Waals surface area contributed by atoms with Crippen molar-refractivity contribution in [1.29, 1.82) is 0 Å². The Bertz CT molecular complexity index is 246. The van der Waals surface area contributed by atoms with E-state index in [0.717, 1.165) is 11.8 Å². The van der Waals surface area contributed by atoms with Crippen LogP contribution in [0.3, 0.4) is 0 Å². The van der Waals surface area contributed by atoms with Crippen molar-refractivity contribution in [3.8, 4) is 0 Å². The molecule has 1 heterocycles. The molecule has 0 aliphatic carbocycles. The normalized spacial score (nSPS) is 39.7. The Morgan fingerprint density at radius 2 is 1.94 bits per heavy atom. The summed E-state index contributed by atoms with van der Waals surface area (Å²) < 4.78 is 10.0. The molecular formula is C9H16O6S. The van der Waals surface area contributed by atoms with Gasteiger partial charge in [0.2, 0.25) is 0 Å². The molecule has 0 bridgehead atoms. The Labute approximate surface area is 97.5 Å². The molecule has 0 saturated carbocycles. The number of rotatable bonds is 3. The molecule has 1 rings (SSSR count). The number of hydrogen-bond donors (Lipinski definition) is 3. The van der Waals surface area contributed by atoms with Gasteiger partial charge in [-0.1, -0.05) is 11.8 Å². The number of carbonyl (C=O) groups is 1. The fourth-order valence-electron chi connectivity index (χ4n) is 1.45. The summed E-state index contributed by atoms with van der Waals surface area (Å²) in [5.74, 6) is 0.208. The van der Waals surface area contributed by atoms with Gasteiger partial charge in [-0.25, -0.2) is 0 Å². The first-order valence-corrected chi connectivity index (χ1v) is 5.81. The second-order valence-electron chi connectivity index (χ2n) is 3.55. The lowest BCUT2D eigenvalue weighted by atomic mass is 10.00. The van der Waals surface area contributed by atoms with E-state index in [0.29, 0.717) is 0 Å². The predicted octanol–water partition coefficient (Wildman–Crippen LogP) is -1.28. The maximum absolute atomic E-state index is 10.8. The summed E-state index contributed by atoms with van der Waals surface area (Å²) >= 11 is 0.985. The molecule has 0 aromatic rings. The molecule has 0 radical (unpaired) electrons. The lowest BCUT2D eigenvalue weighted by Crippen LogP contribution is -2.58. The predicted molar refractivity (Wildman–Crippen MR) is 56.8 cm³/mol. The van der Waals surface area contributed by atoms with E-state index in [2.05, 4.69) is 0 Å². The largest absolute Gasteiger partial charge is 0.388 e. The highest BCUT2D eigenvalue weighted by molar-refractivity contribution is 8.13.